The first-order valence-electron chi connectivity index (χ1n) is 31.7. The molecule has 11 N–H and O–H groups in total. The Morgan fingerprint density at radius 1 is 0.789 bits per heavy atom. The molecule has 0 radical (unpaired) electrons. The van der Waals surface area contributed by atoms with Crippen molar-refractivity contribution in [3.8, 4) is 5.75 Å². The van der Waals surface area contributed by atoms with Crippen LogP contribution in [0, 0.1) is 23.7 Å². The molecular weight excluding hydrogens is 1300 g/mol. The maximum absolute atomic E-state index is 15.2. The number of aromatic amines is 1. The number of ketones is 4. The number of Topliss-reactive ketones (excluding diaryl/α,β-unsaturated/α-hetero) is 4. The van der Waals surface area contributed by atoms with Gasteiger partial charge < -0.3 is 61.8 Å². The second kappa shape index (κ2) is 37.1. The highest BCUT2D eigenvalue weighted by molar-refractivity contribution is 8.76. The number of phenolic OH excluding ortho intramolecular Hbond substituents is 1. The second-order valence-electron chi connectivity index (χ2n) is 24.8. The maximum Gasteiger partial charge on any atom is 0.320 e. The smallest absolute Gasteiger partial charge is 0.320 e. The zero-order valence-electron chi connectivity index (χ0n) is 53.3. The fourth-order valence-electron chi connectivity index (χ4n) is 12.1. The number of carboxylic acids is 4. The van der Waals surface area contributed by atoms with Crippen LogP contribution in [0.1, 0.15) is 96.1 Å². The van der Waals surface area contributed by atoms with E-state index in [2.05, 4.69) is 26.3 Å². The zero-order chi connectivity index (χ0) is 69.6. The lowest BCUT2D eigenvalue weighted by atomic mass is 9.89. The van der Waals surface area contributed by atoms with E-state index in [0.717, 1.165) is 26.5 Å². The van der Waals surface area contributed by atoms with Crippen molar-refractivity contribution in [3.05, 3.63) is 64.8 Å². The van der Waals surface area contributed by atoms with Gasteiger partial charge in [-0.15, -0.1) is 0 Å². The number of carbonyl (C=O) groups is 13. The molecule has 2 aromatic carbocycles. The van der Waals surface area contributed by atoms with Crippen molar-refractivity contribution in [1.82, 2.24) is 45.9 Å². The van der Waals surface area contributed by atoms with Crippen molar-refractivity contribution in [1.29, 1.82) is 0 Å². The predicted molar refractivity (Wildman–Crippen MR) is 350 cm³/mol. The number of phenols is 1. The maximum atomic E-state index is 15.2. The molecule has 3 saturated heterocycles. The van der Waals surface area contributed by atoms with Crippen LogP contribution in [0.2, 0.25) is 5.02 Å². The van der Waals surface area contributed by atoms with Crippen LogP contribution in [-0.4, -0.2) is 245 Å². The number of aromatic hydroxyl groups is 1. The number of halogens is 1. The van der Waals surface area contributed by atoms with Gasteiger partial charge in [0.1, 0.15) is 17.8 Å². The molecule has 31 heteroatoms. The Kier molecular flexibility index (Phi) is 29.9. The SMILES string of the molecule is CCC(=O)[C@@H]1CSSC[C@H](NC(=O)[C@@H](CCC(=O)O)CC(=O)[C@H](Cc2c[nH]c3ccccc23)NC(=O)CCC(C(=O)O)N2CCN(CC(=O)O)CCN(CC(=O)O)CC2)C(=O)N2C[C@H](O)C[C@H]2C(=O)C[C@@H](Cc2ccc(O)c(Cl)c2)C(=O)NCC(=O)C[C@@H](CC(C)C)C(=O)N1. The number of fused-ring (bicyclic) bond motifs is 2. The van der Waals surface area contributed by atoms with Crippen LogP contribution in [0.4, 0.5) is 0 Å². The van der Waals surface area contributed by atoms with Crippen LogP contribution in [0.3, 0.4) is 0 Å². The van der Waals surface area contributed by atoms with Crippen LogP contribution in [0.15, 0.2) is 48.7 Å². The number of hydrogen-bond donors (Lipinski definition) is 11. The van der Waals surface area contributed by atoms with Crippen LogP contribution in [0.25, 0.3) is 10.9 Å². The van der Waals surface area contributed by atoms with E-state index in [1.807, 2.05) is 13.8 Å². The quantitative estimate of drug-likeness (QED) is 0.0513. The molecule has 95 heavy (non-hydrogen) atoms. The van der Waals surface area contributed by atoms with Gasteiger partial charge in [-0.2, -0.15) is 0 Å². The van der Waals surface area contributed by atoms with Gasteiger partial charge in [-0.3, -0.25) is 77.0 Å². The number of benzene rings is 2. The van der Waals surface area contributed by atoms with Gasteiger partial charge >= 0.3 is 23.9 Å². The number of aliphatic hydroxyl groups is 1. The molecular formula is C64H86ClN9O19S2. The number of nitrogens with one attached hydrogen (secondary N) is 5. The topological polar surface area (TPSA) is 420 Å². The molecule has 520 valence electrons. The summed E-state index contributed by atoms with van der Waals surface area (Å²) in [4.78, 5) is 187. The molecule has 3 aromatic rings. The van der Waals surface area contributed by atoms with Crippen LogP contribution in [-0.2, 0) is 75.2 Å². The van der Waals surface area contributed by atoms with Crippen LogP contribution < -0.4 is 21.3 Å². The number of amides is 5. The third-order valence-corrected chi connectivity index (χ3v) is 19.8. The molecule has 0 spiro atoms. The van der Waals surface area contributed by atoms with Crippen LogP contribution >= 0.6 is 33.2 Å². The number of aromatic nitrogens is 1. The third kappa shape index (κ3) is 24.0. The van der Waals surface area contributed by atoms with Crippen molar-refractivity contribution in [2.24, 2.45) is 23.7 Å². The van der Waals surface area contributed by atoms with Gasteiger partial charge in [0, 0.05) is 144 Å². The second-order valence-corrected chi connectivity index (χ2v) is 27.8. The Hall–Kier alpha value is -7.48. The van der Waals surface area contributed by atoms with E-state index in [1.54, 1.807) is 47.2 Å². The van der Waals surface area contributed by atoms with E-state index in [-0.39, 0.29) is 118 Å². The third-order valence-electron chi connectivity index (χ3n) is 17.1. The number of H-pyrrole nitrogens is 1. The lowest BCUT2D eigenvalue weighted by Crippen LogP contribution is -2.54. The van der Waals surface area contributed by atoms with E-state index in [1.165, 1.54) is 23.1 Å². The number of aliphatic carboxylic acids is 4. The van der Waals surface area contributed by atoms with Crippen LogP contribution in [0.5, 0.6) is 5.75 Å². The summed E-state index contributed by atoms with van der Waals surface area (Å²) in [6.07, 6.45) is -3.56. The Bertz CT molecular complexity index is 3250. The van der Waals surface area contributed by atoms with Gasteiger partial charge in [0.25, 0.3) is 0 Å². The van der Waals surface area contributed by atoms with E-state index in [4.69, 9.17) is 11.6 Å². The minimum absolute atomic E-state index is 0.000195. The van der Waals surface area contributed by atoms with Gasteiger partial charge in [-0.05, 0) is 60.9 Å². The van der Waals surface area contributed by atoms with Crippen molar-refractivity contribution in [2.75, 3.05) is 77.0 Å². The highest BCUT2D eigenvalue weighted by Gasteiger charge is 2.44. The van der Waals surface area contributed by atoms with Gasteiger partial charge in [0.15, 0.2) is 23.1 Å². The monoisotopic (exact) mass is 1380 g/mol. The highest BCUT2D eigenvalue weighted by Crippen LogP contribution is 2.31. The molecule has 9 atom stereocenters. The first kappa shape index (κ1) is 76.5. The molecule has 6 rings (SSSR count). The number of aliphatic hydroxyl groups excluding tert-OH is 1. The lowest BCUT2D eigenvalue weighted by molar-refractivity contribution is -0.145. The average molecular weight is 1390 g/mol. The predicted octanol–water partition coefficient (Wildman–Crippen LogP) is 2.18. The number of carbonyl (C=O) groups excluding carboxylic acids is 9. The molecule has 3 aliphatic rings. The van der Waals surface area contributed by atoms with Crippen molar-refractivity contribution < 1.29 is 93.0 Å². The fourth-order valence-corrected chi connectivity index (χ4v) is 14.6. The summed E-state index contributed by atoms with van der Waals surface area (Å²) >= 11 is 6.24. The zero-order valence-corrected chi connectivity index (χ0v) is 55.7. The Morgan fingerprint density at radius 2 is 1.45 bits per heavy atom. The fraction of sp³-hybridized carbons (Fsp3) is 0.578. The summed E-state index contributed by atoms with van der Waals surface area (Å²) < 4.78 is 0. The number of carboxylic acid groups (broad SMARTS) is 4. The summed E-state index contributed by atoms with van der Waals surface area (Å²) in [5.41, 5.74) is 1.63. The van der Waals surface area contributed by atoms with Crippen molar-refractivity contribution in [3.63, 3.8) is 0 Å². The number of rotatable bonds is 26. The summed E-state index contributed by atoms with van der Waals surface area (Å²) in [6, 6.07) is 4.38. The van der Waals surface area contributed by atoms with E-state index >= 15 is 4.79 Å². The summed E-state index contributed by atoms with van der Waals surface area (Å²) in [5.74, 6) is -15.7. The molecule has 5 amide bonds. The molecule has 3 aliphatic heterocycles. The minimum Gasteiger partial charge on any atom is -0.506 e. The molecule has 4 heterocycles. The summed E-state index contributed by atoms with van der Waals surface area (Å²) in [6.45, 7) is 4.21. The number of hydrogen-bond acceptors (Lipinski definition) is 20. The van der Waals surface area contributed by atoms with Gasteiger partial charge in [-0.1, -0.05) is 78.2 Å². The standard InChI is InChI=1S/C64H86ClN9O19S2/c1-4-52(77)48-34-94-95-35-49(63(91)74-31-43(76)28-51(74)55(80)27-40(22-37-9-12-53(78)45(65)23-37)60(88)67-30-42(75)24-39(21-36(2)3)62(90)69-48)70-61(89)38(10-14-57(82)83)26-54(79)47(25-41-29-66-46-8-6-5-7-44(41)46)68-56(81)13-11-50(64(92)93)73-19-17-71(32-58(84)85)15-16-72(18-20-73)33-59(86)87/h5-9,12,23,29,36,38-40,43,47-51,66,76,78H,4,10-11,13-22,24-28,30-35H2,1-3H3,(H,67,88)(H,68,81)(H,69,90)(H,70,89)(H,82,83)(H,84,85)(H,86,87)(H,92,93)/t38-,39+,40+,43+,47-,48-,49-,50?,51-/m0/s1. The molecule has 0 bridgehead atoms. The highest BCUT2D eigenvalue weighted by atomic mass is 35.5. The summed E-state index contributed by atoms with van der Waals surface area (Å²) in [7, 11) is 2.05. The molecule has 0 aliphatic carbocycles. The summed E-state index contributed by atoms with van der Waals surface area (Å²) in [5, 5.41) is 72.4. The molecule has 28 nitrogen and oxygen atoms in total. The Labute approximate surface area is 562 Å². The number of para-hydroxylation sites is 1. The molecule has 1 aromatic heterocycles. The largest absolute Gasteiger partial charge is 0.506 e. The lowest BCUT2D eigenvalue weighted by Gasteiger charge is -2.30. The van der Waals surface area contributed by atoms with E-state index < -0.39 is 183 Å². The Morgan fingerprint density at radius 3 is 2.08 bits per heavy atom. The number of nitrogens with zero attached hydrogens (tertiary/aromatic N) is 4. The van der Waals surface area contributed by atoms with Crippen molar-refractivity contribution in [2.45, 2.75) is 134 Å². The molecule has 0 saturated carbocycles. The van der Waals surface area contributed by atoms with Gasteiger partial charge in [0.2, 0.25) is 29.5 Å². The first-order chi connectivity index (χ1) is 45.1. The molecule has 3 fully saturated rings. The first-order valence-corrected chi connectivity index (χ1v) is 34.6. The minimum atomic E-state index is -1.59. The molecule has 1 unspecified atom stereocenters. The van der Waals surface area contributed by atoms with Crippen molar-refractivity contribution >= 4 is 121 Å². The Balaban J connectivity index is 1.30. The normalized spacial score (nSPS) is 22.4. The van der Waals surface area contributed by atoms with E-state index in [9.17, 15) is 88.2 Å². The van der Waals surface area contributed by atoms with E-state index in [0.29, 0.717) is 22.0 Å². The van der Waals surface area contributed by atoms with Gasteiger partial charge in [0.05, 0.1) is 48.9 Å². The average Bonchev–Trinajstić information content (AvgIpc) is 1.75. The van der Waals surface area contributed by atoms with Gasteiger partial charge in [-0.25, -0.2) is 0 Å².